The van der Waals surface area contributed by atoms with Gasteiger partial charge in [-0.25, -0.2) is 4.98 Å². The molecule has 0 radical (unpaired) electrons. The van der Waals surface area contributed by atoms with Crippen molar-refractivity contribution in [2.24, 2.45) is 5.92 Å². The number of nitrogens with zero attached hydrogens (tertiary/aromatic N) is 2. The Morgan fingerprint density at radius 2 is 2.21 bits per heavy atom. The molecule has 2 heterocycles. The number of piperidine rings is 1. The zero-order valence-corrected chi connectivity index (χ0v) is 12.0. The minimum absolute atomic E-state index is 0.0126. The van der Waals surface area contributed by atoms with Gasteiger partial charge in [0.15, 0.2) is 0 Å². The number of nitrogens with one attached hydrogen (secondary N) is 1. The molecular weight excluding hydrogens is 262 g/mol. The third kappa shape index (κ3) is 3.91. The number of hydrogen-bond donors (Lipinski definition) is 1. The maximum Gasteiger partial charge on any atom is 0.272 e. The van der Waals surface area contributed by atoms with E-state index in [9.17, 15) is 4.79 Å². The Balaban J connectivity index is 1.87. The van der Waals surface area contributed by atoms with E-state index in [0.29, 0.717) is 16.6 Å². The van der Waals surface area contributed by atoms with E-state index in [0.717, 1.165) is 39.0 Å². The standard InChI is InChI=1S/C14H20ClN3O/c1-2-16-9-11-5-7-18(8-6-11)14(19)13-4-3-12(15)10-17-13/h3-4,10-11,16H,2,5-9H2,1H3. The van der Waals surface area contributed by atoms with Crippen molar-refractivity contribution in [2.45, 2.75) is 19.8 Å². The van der Waals surface area contributed by atoms with E-state index in [1.165, 1.54) is 6.20 Å². The van der Waals surface area contributed by atoms with Gasteiger partial charge in [-0.3, -0.25) is 4.79 Å². The maximum atomic E-state index is 12.2. The number of rotatable bonds is 4. The number of pyridine rings is 1. The zero-order chi connectivity index (χ0) is 13.7. The fourth-order valence-corrected chi connectivity index (χ4v) is 2.46. The largest absolute Gasteiger partial charge is 0.337 e. The van der Waals surface area contributed by atoms with Crippen LogP contribution in [0.1, 0.15) is 30.3 Å². The number of likely N-dealkylation sites (tertiary alicyclic amines) is 1. The first-order chi connectivity index (χ1) is 9.20. The van der Waals surface area contributed by atoms with Gasteiger partial charge >= 0.3 is 0 Å². The summed E-state index contributed by atoms with van der Waals surface area (Å²) in [7, 11) is 0. The van der Waals surface area contributed by atoms with Crippen LogP contribution in [0.3, 0.4) is 0 Å². The van der Waals surface area contributed by atoms with Gasteiger partial charge in [-0.1, -0.05) is 18.5 Å². The topological polar surface area (TPSA) is 45.2 Å². The van der Waals surface area contributed by atoms with Gasteiger partial charge in [0.05, 0.1) is 5.02 Å². The Morgan fingerprint density at radius 3 is 2.79 bits per heavy atom. The van der Waals surface area contributed by atoms with E-state index < -0.39 is 0 Å². The number of amides is 1. The molecule has 1 aromatic rings. The lowest BCUT2D eigenvalue weighted by Gasteiger charge is -2.31. The molecule has 2 rings (SSSR count). The molecule has 19 heavy (non-hydrogen) atoms. The van der Waals surface area contributed by atoms with Crippen LogP contribution in [0, 0.1) is 5.92 Å². The van der Waals surface area contributed by atoms with Crippen LogP contribution in [0.15, 0.2) is 18.3 Å². The predicted octanol–water partition coefficient (Wildman–Crippen LogP) is 2.20. The number of hydrogen-bond acceptors (Lipinski definition) is 3. The minimum atomic E-state index is 0.0126. The fraction of sp³-hybridized carbons (Fsp3) is 0.571. The van der Waals surface area contributed by atoms with Crippen LogP contribution in [-0.4, -0.2) is 42.0 Å². The third-order valence-electron chi connectivity index (χ3n) is 3.53. The van der Waals surface area contributed by atoms with Crippen LogP contribution in [0.2, 0.25) is 5.02 Å². The van der Waals surface area contributed by atoms with Gasteiger partial charge in [-0.15, -0.1) is 0 Å². The average Bonchev–Trinajstić information content (AvgIpc) is 2.46. The van der Waals surface area contributed by atoms with Crippen molar-refractivity contribution in [1.29, 1.82) is 0 Å². The van der Waals surface area contributed by atoms with Crippen LogP contribution in [0.5, 0.6) is 0 Å². The number of halogens is 1. The smallest absolute Gasteiger partial charge is 0.272 e. The van der Waals surface area contributed by atoms with Crippen molar-refractivity contribution in [3.05, 3.63) is 29.0 Å². The summed E-state index contributed by atoms with van der Waals surface area (Å²) in [6.07, 6.45) is 3.64. The molecule has 1 aromatic heterocycles. The Bertz CT molecular complexity index is 413. The predicted molar refractivity (Wildman–Crippen MR) is 76.4 cm³/mol. The first-order valence-electron chi connectivity index (χ1n) is 6.82. The van der Waals surface area contributed by atoms with Gasteiger partial charge < -0.3 is 10.2 Å². The molecule has 4 nitrogen and oxygen atoms in total. The molecule has 1 aliphatic heterocycles. The summed E-state index contributed by atoms with van der Waals surface area (Å²) in [5, 5.41) is 3.93. The number of carbonyl (C=O) groups excluding carboxylic acids is 1. The quantitative estimate of drug-likeness (QED) is 0.920. The molecule has 0 unspecified atom stereocenters. The summed E-state index contributed by atoms with van der Waals surface area (Å²) in [5.41, 5.74) is 0.481. The molecule has 1 fully saturated rings. The summed E-state index contributed by atoms with van der Waals surface area (Å²) < 4.78 is 0. The second-order valence-corrected chi connectivity index (χ2v) is 5.34. The summed E-state index contributed by atoms with van der Waals surface area (Å²) in [6, 6.07) is 3.40. The average molecular weight is 282 g/mol. The van der Waals surface area contributed by atoms with Crippen molar-refractivity contribution in [3.8, 4) is 0 Å². The van der Waals surface area contributed by atoms with Crippen molar-refractivity contribution in [1.82, 2.24) is 15.2 Å². The van der Waals surface area contributed by atoms with Gasteiger partial charge in [0.1, 0.15) is 5.69 Å². The van der Waals surface area contributed by atoms with E-state index in [1.54, 1.807) is 12.1 Å². The van der Waals surface area contributed by atoms with E-state index in [1.807, 2.05) is 4.90 Å². The second-order valence-electron chi connectivity index (χ2n) is 4.90. The molecule has 0 bridgehead atoms. The van der Waals surface area contributed by atoms with Crippen LogP contribution in [0.4, 0.5) is 0 Å². The second kappa shape index (κ2) is 6.87. The first kappa shape index (κ1) is 14.3. The summed E-state index contributed by atoms with van der Waals surface area (Å²) in [5.74, 6) is 0.695. The van der Waals surface area contributed by atoms with Crippen molar-refractivity contribution < 1.29 is 4.79 Å². The highest BCUT2D eigenvalue weighted by Crippen LogP contribution is 2.18. The van der Waals surface area contributed by atoms with Gasteiger partial charge in [-0.05, 0) is 44.0 Å². The number of carbonyl (C=O) groups is 1. The van der Waals surface area contributed by atoms with Gasteiger partial charge in [0, 0.05) is 19.3 Å². The van der Waals surface area contributed by atoms with E-state index in [2.05, 4.69) is 17.2 Å². The normalized spacial score (nSPS) is 16.6. The summed E-state index contributed by atoms with van der Waals surface area (Å²) >= 11 is 5.78. The summed E-state index contributed by atoms with van der Waals surface area (Å²) in [4.78, 5) is 18.2. The van der Waals surface area contributed by atoms with Crippen molar-refractivity contribution in [3.63, 3.8) is 0 Å². The lowest BCUT2D eigenvalue weighted by atomic mass is 9.96. The molecule has 0 spiro atoms. The van der Waals surface area contributed by atoms with Gasteiger partial charge in [0.25, 0.3) is 5.91 Å². The molecular formula is C14H20ClN3O. The molecule has 0 aromatic carbocycles. The Hall–Kier alpha value is -1.13. The molecule has 1 amide bonds. The van der Waals surface area contributed by atoms with Crippen molar-refractivity contribution >= 4 is 17.5 Å². The van der Waals surface area contributed by atoms with Gasteiger partial charge in [-0.2, -0.15) is 0 Å². The maximum absolute atomic E-state index is 12.2. The molecule has 1 N–H and O–H groups in total. The van der Waals surface area contributed by atoms with Crippen LogP contribution in [0.25, 0.3) is 0 Å². The summed E-state index contributed by atoms with van der Waals surface area (Å²) in [6.45, 7) is 5.81. The van der Waals surface area contributed by atoms with E-state index >= 15 is 0 Å². The zero-order valence-electron chi connectivity index (χ0n) is 11.2. The third-order valence-corrected chi connectivity index (χ3v) is 3.75. The number of aromatic nitrogens is 1. The fourth-order valence-electron chi connectivity index (χ4n) is 2.35. The van der Waals surface area contributed by atoms with E-state index in [4.69, 9.17) is 11.6 Å². The highest BCUT2D eigenvalue weighted by Gasteiger charge is 2.23. The molecule has 0 aliphatic carbocycles. The Labute approximate surface area is 119 Å². The SMILES string of the molecule is CCNCC1CCN(C(=O)c2ccc(Cl)cn2)CC1. The lowest BCUT2D eigenvalue weighted by Crippen LogP contribution is -2.41. The van der Waals surface area contributed by atoms with Crippen LogP contribution in [-0.2, 0) is 0 Å². The Morgan fingerprint density at radius 1 is 1.47 bits per heavy atom. The molecule has 0 saturated carbocycles. The lowest BCUT2D eigenvalue weighted by molar-refractivity contribution is 0.0684. The molecule has 5 heteroatoms. The monoisotopic (exact) mass is 281 g/mol. The minimum Gasteiger partial charge on any atom is -0.337 e. The first-order valence-corrected chi connectivity index (χ1v) is 7.20. The van der Waals surface area contributed by atoms with Crippen LogP contribution >= 0.6 is 11.6 Å². The highest BCUT2D eigenvalue weighted by molar-refractivity contribution is 6.30. The van der Waals surface area contributed by atoms with E-state index in [-0.39, 0.29) is 5.91 Å². The Kier molecular flexibility index (Phi) is 5.16. The molecule has 0 atom stereocenters. The van der Waals surface area contributed by atoms with Crippen molar-refractivity contribution in [2.75, 3.05) is 26.2 Å². The highest BCUT2D eigenvalue weighted by atomic mass is 35.5. The van der Waals surface area contributed by atoms with Gasteiger partial charge in [0.2, 0.25) is 0 Å². The molecule has 1 aliphatic rings. The molecule has 1 saturated heterocycles. The molecule has 104 valence electrons. The van der Waals surface area contributed by atoms with Crippen LogP contribution < -0.4 is 5.32 Å².